The maximum absolute atomic E-state index is 12.2. The SMILES string of the molecule is Cc1cc(Cl)ccc1CNCCN(C(=O)OC(C)(C)C)C(C)C. The molecule has 1 aromatic rings. The molecule has 0 saturated carbocycles. The lowest BCUT2D eigenvalue weighted by molar-refractivity contribution is 0.0193. The second-order valence-electron chi connectivity index (χ2n) is 7.02. The first-order valence-corrected chi connectivity index (χ1v) is 8.43. The van der Waals surface area contributed by atoms with Crippen LogP contribution in [0.15, 0.2) is 18.2 Å². The maximum atomic E-state index is 12.2. The van der Waals surface area contributed by atoms with Gasteiger partial charge in [-0.2, -0.15) is 0 Å². The third-order valence-electron chi connectivity index (χ3n) is 3.40. The van der Waals surface area contributed by atoms with Crippen molar-refractivity contribution < 1.29 is 9.53 Å². The normalized spacial score (nSPS) is 11.7. The Balaban J connectivity index is 2.48. The summed E-state index contributed by atoms with van der Waals surface area (Å²) >= 11 is 5.96. The minimum absolute atomic E-state index is 0.101. The standard InChI is InChI=1S/C18H29ClN2O2/c1-13(2)21(17(22)23-18(4,5)6)10-9-20-12-15-7-8-16(19)11-14(15)3/h7-8,11,13,20H,9-10,12H2,1-6H3. The van der Waals surface area contributed by atoms with E-state index in [2.05, 4.69) is 5.32 Å². The van der Waals surface area contributed by atoms with Gasteiger partial charge in [0.2, 0.25) is 0 Å². The molecule has 0 spiro atoms. The van der Waals surface area contributed by atoms with Gasteiger partial charge >= 0.3 is 6.09 Å². The second kappa shape index (κ2) is 8.55. The van der Waals surface area contributed by atoms with E-state index in [0.717, 1.165) is 17.1 Å². The highest BCUT2D eigenvalue weighted by Gasteiger charge is 2.23. The highest BCUT2D eigenvalue weighted by atomic mass is 35.5. The third-order valence-corrected chi connectivity index (χ3v) is 3.64. The fourth-order valence-corrected chi connectivity index (χ4v) is 2.39. The molecule has 0 aliphatic carbocycles. The molecule has 1 aromatic carbocycles. The minimum atomic E-state index is -0.474. The number of benzene rings is 1. The largest absolute Gasteiger partial charge is 0.444 e. The van der Waals surface area contributed by atoms with E-state index >= 15 is 0 Å². The Hall–Kier alpha value is -1.26. The van der Waals surface area contributed by atoms with Crippen molar-refractivity contribution in [2.45, 2.75) is 59.7 Å². The predicted octanol–water partition coefficient (Wildman–Crippen LogP) is 4.38. The molecule has 23 heavy (non-hydrogen) atoms. The van der Waals surface area contributed by atoms with Crippen LogP contribution in [-0.4, -0.2) is 35.7 Å². The molecule has 0 unspecified atom stereocenters. The van der Waals surface area contributed by atoms with Crippen molar-refractivity contribution in [1.29, 1.82) is 0 Å². The Bertz CT molecular complexity index is 524. The lowest BCUT2D eigenvalue weighted by Gasteiger charge is -2.30. The van der Waals surface area contributed by atoms with Gasteiger partial charge in [-0.15, -0.1) is 0 Å². The number of hydrogen-bond donors (Lipinski definition) is 1. The van der Waals surface area contributed by atoms with Gasteiger partial charge in [-0.3, -0.25) is 0 Å². The van der Waals surface area contributed by atoms with Crippen molar-refractivity contribution in [3.8, 4) is 0 Å². The lowest BCUT2D eigenvalue weighted by Crippen LogP contribution is -2.44. The molecule has 4 nitrogen and oxygen atoms in total. The van der Waals surface area contributed by atoms with Crippen LogP contribution in [0.2, 0.25) is 5.02 Å². The van der Waals surface area contributed by atoms with Crippen LogP contribution in [0.25, 0.3) is 0 Å². The quantitative estimate of drug-likeness (QED) is 0.781. The van der Waals surface area contributed by atoms with E-state index < -0.39 is 5.60 Å². The number of nitrogens with zero attached hydrogens (tertiary/aromatic N) is 1. The number of amides is 1. The highest BCUT2D eigenvalue weighted by molar-refractivity contribution is 6.30. The average Bonchev–Trinajstić information content (AvgIpc) is 2.38. The van der Waals surface area contributed by atoms with Crippen molar-refractivity contribution in [2.24, 2.45) is 0 Å². The van der Waals surface area contributed by atoms with E-state index in [-0.39, 0.29) is 12.1 Å². The molecule has 1 N–H and O–H groups in total. The predicted molar refractivity (Wildman–Crippen MR) is 96.0 cm³/mol. The van der Waals surface area contributed by atoms with Crippen molar-refractivity contribution in [1.82, 2.24) is 10.2 Å². The van der Waals surface area contributed by atoms with Gasteiger partial charge in [0.25, 0.3) is 0 Å². The second-order valence-corrected chi connectivity index (χ2v) is 7.45. The van der Waals surface area contributed by atoms with E-state index in [1.165, 1.54) is 5.56 Å². The number of hydrogen-bond acceptors (Lipinski definition) is 3. The van der Waals surface area contributed by atoms with Gasteiger partial charge in [-0.25, -0.2) is 4.79 Å². The summed E-state index contributed by atoms with van der Waals surface area (Å²) in [4.78, 5) is 14.0. The van der Waals surface area contributed by atoms with Crippen LogP contribution < -0.4 is 5.32 Å². The highest BCUT2D eigenvalue weighted by Crippen LogP contribution is 2.15. The van der Waals surface area contributed by atoms with Crippen LogP contribution >= 0.6 is 11.6 Å². The number of aryl methyl sites for hydroxylation is 1. The first kappa shape index (κ1) is 19.8. The molecule has 0 aromatic heterocycles. The number of carbonyl (C=O) groups is 1. The third kappa shape index (κ3) is 7.23. The van der Waals surface area contributed by atoms with Crippen molar-refractivity contribution >= 4 is 17.7 Å². The molecule has 130 valence electrons. The summed E-state index contributed by atoms with van der Waals surface area (Å²) in [5.41, 5.74) is 1.90. The minimum Gasteiger partial charge on any atom is -0.444 e. The number of carbonyl (C=O) groups excluding carboxylic acids is 1. The molecule has 1 rings (SSSR count). The van der Waals surface area contributed by atoms with Gasteiger partial charge in [-0.1, -0.05) is 17.7 Å². The zero-order valence-electron chi connectivity index (χ0n) is 15.1. The van der Waals surface area contributed by atoms with E-state index in [1.807, 2.05) is 59.7 Å². The molecule has 0 fully saturated rings. The topological polar surface area (TPSA) is 41.6 Å². The molecule has 0 aliphatic rings. The fourth-order valence-electron chi connectivity index (χ4n) is 2.16. The number of nitrogens with one attached hydrogen (secondary N) is 1. The van der Waals surface area contributed by atoms with E-state index in [9.17, 15) is 4.79 Å². The van der Waals surface area contributed by atoms with Crippen molar-refractivity contribution in [2.75, 3.05) is 13.1 Å². The van der Waals surface area contributed by atoms with Crippen LogP contribution in [0.5, 0.6) is 0 Å². The van der Waals surface area contributed by atoms with E-state index in [1.54, 1.807) is 4.90 Å². The Kier molecular flexibility index (Phi) is 7.36. The molecule has 0 heterocycles. The van der Waals surface area contributed by atoms with Crippen LogP contribution in [0, 0.1) is 6.92 Å². The molecule has 1 amide bonds. The van der Waals surface area contributed by atoms with Crippen LogP contribution in [0.4, 0.5) is 4.79 Å². The van der Waals surface area contributed by atoms with Gasteiger partial charge in [0.05, 0.1) is 0 Å². The van der Waals surface area contributed by atoms with Gasteiger partial charge in [0.1, 0.15) is 5.60 Å². The molecule has 0 radical (unpaired) electrons. The van der Waals surface area contributed by atoms with Gasteiger partial charge < -0.3 is 15.0 Å². The van der Waals surface area contributed by atoms with Gasteiger partial charge in [0, 0.05) is 30.7 Å². The molecule has 0 atom stereocenters. The Morgan fingerprint density at radius 3 is 2.52 bits per heavy atom. The average molecular weight is 341 g/mol. The monoisotopic (exact) mass is 340 g/mol. The summed E-state index contributed by atoms with van der Waals surface area (Å²) in [5, 5.41) is 4.12. The molecule has 0 aliphatic heterocycles. The zero-order valence-corrected chi connectivity index (χ0v) is 15.8. The first-order chi connectivity index (χ1) is 10.6. The molecule has 0 bridgehead atoms. The number of halogens is 1. The lowest BCUT2D eigenvalue weighted by atomic mass is 10.1. The maximum Gasteiger partial charge on any atom is 0.410 e. The summed E-state index contributed by atoms with van der Waals surface area (Å²) < 4.78 is 5.45. The summed E-state index contributed by atoms with van der Waals surface area (Å²) in [6, 6.07) is 5.98. The van der Waals surface area contributed by atoms with Crippen LogP contribution in [-0.2, 0) is 11.3 Å². The zero-order chi connectivity index (χ0) is 17.6. The van der Waals surface area contributed by atoms with E-state index in [0.29, 0.717) is 13.1 Å². The summed E-state index contributed by atoms with van der Waals surface area (Å²) in [6.07, 6.45) is -0.267. The summed E-state index contributed by atoms with van der Waals surface area (Å²) in [7, 11) is 0. The summed E-state index contributed by atoms with van der Waals surface area (Å²) in [5.74, 6) is 0. The summed E-state index contributed by atoms with van der Waals surface area (Å²) in [6.45, 7) is 13.7. The van der Waals surface area contributed by atoms with Gasteiger partial charge in [-0.05, 0) is 64.8 Å². The molecular weight excluding hydrogens is 312 g/mol. The van der Waals surface area contributed by atoms with Crippen LogP contribution in [0.3, 0.4) is 0 Å². The Morgan fingerprint density at radius 1 is 1.35 bits per heavy atom. The van der Waals surface area contributed by atoms with E-state index in [4.69, 9.17) is 16.3 Å². The molecule has 0 saturated heterocycles. The van der Waals surface area contributed by atoms with Gasteiger partial charge in [0.15, 0.2) is 0 Å². The molecular formula is C18H29ClN2O2. The number of ether oxygens (including phenoxy) is 1. The fraction of sp³-hybridized carbons (Fsp3) is 0.611. The molecule has 5 heteroatoms. The first-order valence-electron chi connectivity index (χ1n) is 8.05. The van der Waals surface area contributed by atoms with Crippen molar-refractivity contribution in [3.63, 3.8) is 0 Å². The number of rotatable bonds is 6. The smallest absolute Gasteiger partial charge is 0.410 e. The Morgan fingerprint density at radius 2 is 2.00 bits per heavy atom. The Labute approximate surface area is 145 Å². The van der Waals surface area contributed by atoms with Crippen molar-refractivity contribution in [3.05, 3.63) is 34.3 Å². The van der Waals surface area contributed by atoms with Crippen LogP contribution in [0.1, 0.15) is 45.7 Å².